The molecule has 0 atom stereocenters. The van der Waals surface area contributed by atoms with Crippen LogP contribution in [0.15, 0.2) is 48.1 Å². The van der Waals surface area contributed by atoms with Crippen molar-refractivity contribution in [2.24, 2.45) is 0 Å². The maximum Gasteiger partial charge on any atom is 0.223 e. The molecule has 5 nitrogen and oxygen atoms in total. The topological polar surface area (TPSA) is 59.9 Å². The number of nitrogens with one attached hydrogen (secondary N) is 1. The summed E-state index contributed by atoms with van der Waals surface area (Å²) in [5.74, 6) is 1.48. The molecule has 0 radical (unpaired) electrons. The van der Waals surface area contributed by atoms with Gasteiger partial charge in [0.1, 0.15) is 12.4 Å². The lowest BCUT2D eigenvalue weighted by Crippen LogP contribution is -2.12. The van der Waals surface area contributed by atoms with Crippen LogP contribution < -0.4 is 10.1 Å². The number of aromatic nitrogens is 3. The first-order valence-electron chi connectivity index (χ1n) is 8.17. The van der Waals surface area contributed by atoms with Crippen LogP contribution in [0.5, 0.6) is 5.75 Å². The van der Waals surface area contributed by atoms with Crippen molar-refractivity contribution in [1.82, 2.24) is 15.0 Å². The van der Waals surface area contributed by atoms with E-state index in [1.54, 1.807) is 17.5 Å². The molecule has 4 rings (SSSR count). The van der Waals surface area contributed by atoms with E-state index in [0.717, 1.165) is 32.4 Å². The summed E-state index contributed by atoms with van der Waals surface area (Å²) in [5.41, 5.74) is 2.94. The van der Waals surface area contributed by atoms with Gasteiger partial charge in [0.2, 0.25) is 5.95 Å². The number of nitrogens with zero attached hydrogens (tertiary/aromatic N) is 3. The molecule has 0 aliphatic carbocycles. The molecule has 6 heteroatoms. The molecule has 4 aromatic rings. The Morgan fingerprint density at radius 1 is 1.16 bits per heavy atom. The lowest BCUT2D eigenvalue weighted by molar-refractivity contribution is 0.311. The highest BCUT2D eigenvalue weighted by atomic mass is 32.1. The fourth-order valence-electron chi connectivity index (χ4n) is 2.66. The number of anilines is 1. The third-order valence-electron chi connectivity index (χ3n) is 3.79. The Kier molecular flexibility index (Phi) is 4.19. The summed E-state index contributed by atoms with van der Waals surface area (Å²) in [5, 5.41) is 6.35. The highest BCUT2D eigenvalue weighted by Gasteiger charge is 2.10. The highest BCUT2D eigenvalue weighted by molar-refractivity contribution is 7.17. The monoisotopic (exact) mass is 350 g/mol. The molecule has 0 saturated carbocycles. The first-order valence-corrected chi connectivity index (χ1v) is 9.05. The molecular weight excluding hydrogens is 332 g/mol. The van der Waals surface area contributed by atoms with Crippen molar-refractivity contribution in [3.05, 3.63) is 53.7 Å². The molecule has 0 unspecified atom stereocenters. The first-order chi connectivity index (χ1) is 12.2. The van der Waals surface area contributed by atoms with E-state index in [-0.39, 0.29) is 0 Å². The largest absolute Gasteiger partial charge is 0.488 e. The second-order valence-corrected chi connectivity index (χ2v) is 6.99. The molecule has 0 bridgehead atoms. The Labute approximate surface area is 149 Å². The lowest BCUT2D eigenvalue weighted by atomic mass is 10.2. The zero-order valence-corrected chi connectivity index (χ0v) is 14.9. The maximum absolute atomic E-state index is 6.08. The second-order valence-electron chi connectivity index (χ2n) is 6.08. The molecular formula is C19H18N4OS. The van der Waals surface area contributed by atoms with Crippen molar-refractivity contribution in [2.75, 3.05) is 5.32 Å². The van der Waals surface area contributed by atoms with E-state index in [1.807, 2.05) is 36.5 Å². The number of benzene rings is 1. The van der Waals surface area contributed by atoms with Gasteiger partial charge in [0.05, 0.1) is 21.9 Å². The standard InChI is InChI=1S/C19H18N4OS/c1-12(2)22-19-21-9-17-18(23-19)13(11-25-17)10-24-16-7-3-6-15-14(16)5-4-8-20-15/h3-9,11-12H,10H2,1-2H3,(H,21,22,23). The van der Waals surface area contributed by atoms with Gasteiger partial charge in [0.25, 0.3) is 0 Å². The van der Waals surface area contributed by atoms with Gasteiger partial charge in [-0.15, -0.1) is 11.3 Å². The molecule has 3 aromatic heterocycles. The minimum absolute atomic E-state index is 0.291. The van der Waals surface area contributed by atoms with Crippen LogP contribution >= 0.6 is 11.3 Å². The molecule has 1 N–H and O–H groups in total. The molecule has 3 heterocycles. The normalized spacial score (nSPS) is 11.3. The zero-order chi connectivity index (χ0) is 17.2. The second kappa shape index (κ2) is 6.64. The number of fused-ring (bicyclic) bond motifs is 2. The summed E-state index contributed by atoms with van der Waals surface area (Å²) in [4.78, 5) is 13.4. The minimum Gasteiger partial charge on any atom is -0.488 e. The van der Waals surface area contributed by atoms with Crippen LogP contribution in [-0.4, -0.2) is 21.0 Å². The number of rotatable bonds is 5. The predicted molar refractivity (Wildman–Crippen MR) is 102 cm³/mol. The maximum atomic E-state index is 6.08. The summed E-state index contributed by atoms with van der Waals surface area (Å²) >= 11 is 1.64. The number of hydrogen-bond donors (Lipinski definition) is 1. The van der Waals surface area contributed by atoms with Crippen molar-refractivity contribution in [2.45, 2.75) is 26.5 Å². The SMILES string of the molecule is CC(C)Nc1ncc2scc(COc3cccc4ncccc34)c2n1. The van der Waals surface area contributed by atoms with Crippen molar-refractivity contribution >= 4 is 38.4 Å². The van der Waals surface area contributed by atoms with Gasteiger partial charge in [-0.3, -0.25) is 4.98 Å². The molecule has 1 aromatic carbocycles. The van der Waals surface area contributed by atoms with E-state index in [2.05, 4.69) is 39.5 Å². The summed E-state index contributed by atoms with van der Waals surface area (Å²) in [7, 11) is 0. The number of pyridine rings is 1. The fourth-order valence-corrected chi connectivity index (χ4v) is 3.51. The minimum atomic E-state index is 0.291. The number of hydrogen-bond acceptors (Lipinski definition) is 6. The van der Waals surface area contributed by atoms with Crippen molar-refractivity contribution in [3.8, 4) is 5.75 Å². The van der Waals surface area contributed by atoms with Crippen molar-refractivity contribution in [3.63, 3.8) is 0 Å². The predicted octanol–water partition coefficient (Wildman–Crippen LogP) is 4.64. The average Bonchev–Trinajstić information content (AvgIpc) is 3.02. The van der Waals surface area contributed by atoms with Gasteiger partial charge >= 0.3 is 0 Å². The van der Waals surface area contributed by atoms with Crippen LogP contribution in [0, 0.1) is 0 Å². The third-order valence-corrected chi connectivity index (χ3v) is 4.75. The smallest absolute Gasteiger partial charge is 0.223 e. The van der Waals surface area contributed by atoms with Gasteiger partial charge < -0.3 is 10.1 Å². The first kappa shape index (κ1) is 15.8. The van der Waals surface area contributed by atoms with E-state index >= 15 is 0 Å². The summed E-state index contributed by atoms with van der Waals surface area (Å²) < 4.78 is 7.14. The van der Waals surface area contributed by atoms with Crippen LogP contribution in [0.2, 0.25) is 0 Å². The Hall–Kier alpha value is -2.73. The Morgan fingerprint density at radius 3 is 2.96 bits per heavy atom. The number of ether oxygens (including phenoxy) is 1. The van der Waals surface area contributed by atoms with Crippen molar-refractivity contribution < 1.29 is 4.74 Å². The summed E-state index contributed by atoms with van der Waals surface area (Å²) in [6, 6.07) is 10.2. The van der Waals surface area contributed by atoms with E-state index in [1.165, 1.54) is 0 Å². The molecule has 126 valence electrons. The van der Waals surface area contributed by atoms with E-state index < -0.39 is 0 Å². The molecule has 0 aliphatic heterocycles. The van der Waals surface area contributed by atoms with Crippen LogP contribution in [0.3, 0.4) is 0 Å². The summed E-state index contributed by atoms with van der Waals surface area (Å²) in [6.07, 6.45) is 3.65. The Morgan fingerprint density at radius 2 is 2.08 bits per heavy atom. The molecule has 0 aliphatic rings. The fraction of sp³-hybridized carbons (Fsp3) is 0.211. The van der Waals surface area contributed by atoms with Crippen LogP contribution in [-0.2, 0) is 6.61 Å². The molecule has 0 amide bonds. The van der Waals surface area contributed by atoms with E-state index in [4.69, 9.17) is 4.74 Å². The Balaban J connectivity index is 1.62. The molecule has 25 heavy (non-hydrogen) atoms. The lowest BCUT2D eigenvalue weighted by Gasteiger charge is -2.09. The van der Waals surface area contributed by atoms with Crippen molar-refractivity contribution in [1.29, 1.82) is 0 Å². The van der Waals surface area contributed by atoms with Crippen LogP contribution in [0.4, 0.5) is 5.95 Å². The number of thiophene rings is 1. The third kappa shape index (κ3) is 3.25. The Bertz CT molecular complexity index is 1020. The average molecular weight is 350 g/mol. The van der Waals surface area contributed by atoms with Gasteiger partial charge in [0, 0.05) is 28.6 Å². The molecule has 0 saturated heterocycles. The van der Waals surface area contributed by atoms with Gasteiger partial charge in [-0.05, 0) is 38.1 Å². The van der Waals surface area contributed by atoms with Crippen LogP contribution in [0.1, 0.15) is 19.4 Å². The van der Waals surface area contributed by atoms with Gasteiger partial charge in [0.15, 0.2) is 0 Å². The summed E-state index contributed by atoms with van der Waals surface area (Å²) in [6.45, 7) is 4.60. The zero-order valence-electron chi connectivity index (χ0n) is 14.1. The van der Waals surface area contributed by atoms with Crippen LogP contribution in [0.25, 0.3) is 21.1 Å². The quantitative estimate of drug-likeness (QED) is 0.568. The highest BCUT2D eigenvalue weighted by Crippen LogP contribution is 2.28. The van der Waals surface area contributed by atoms with E-state index in [0.29, 0.717) is 18.6 Å². The van der Waals surface area contributed by atoms with Gasteiger partial charge in [-0.1, -0.05) is 6.07 Å². The van der Waals surface area contributed by atoms with Gasteiger partial charge in [-0.2, -0.15) is 0 Å². The van der Waals surface area contributed by atoms with E-state index in [9.17, 15) is 0 Å². The molecule has 0 spiro atoms. The molecule has 0 fully saturated rings. The van der Waals surface area contributed by atoms with Gasteiger partial charge in [-0.25, -0.2) is 9.97 Å².